The van der Waals surface area contributed by atoms with Gasteiger partial charge in [-0.15, -0.1) is 0 Å². The summed E-state index contributed by atoms with van der Waals surface area (Å²) in [7, 11) is 0. The average molecular weight is 520 g/mol. The molecule has 0 bridgehead atoms. The van der Waals surface area contributed by atoms with Crippen LogP contribution < -0.4 is 15.0 Å². The van der Waals surface area contributed by atoms with Crippen molar-refractivity contribution in [3.05, 3.63) is 107 Å². The first-order chi connectivity index (χ1) is 19.1. The molecule has 4 N–H and O–H groups in total. The second-order valence-corrected chi connectivity index (χ2v) is 9.21. The Morgan fingerprint density at radius 1 is 0.821 bits per heavy atom. The summed E-state index contributed by atoms with van der Waals surface area (Å²) in [6, 6.07) is 29.2. The van der Waals surface area contributed by atoms with E-state index in [4.69, 9.17) is 9.47 Å². The summed E-state index contributed by atoms with van der Waals surface area (Å²) in [6.45, 7) is 0.468. The number of carbonyl (C=O) groups is 1. The second-order valence-electron chi connectivity index (χ2n) is 9.21. The van der Waals surface area contributed by atoms with Gasteiger partial charge in [0.1, 0.15) is 5.75 Å². The topological polar surface area (TPSA) is 120 Å². The van der Waals surface area contributed by atoms with Crippen molar-refractivity contribution in [2.24, 2.45) is 0 Å². The zero-order valence-corrected chi connectivity index (χ0v) is 20.9. The monoisotopic (exact) mass is 519 g/mol. The minimum atomic E-state index is -1.37. The predicted octanol–water partition coefficient (Wildman–Crippen LogP) is 6.74. The van der Waals surface area contributed by atoms with Crippen molar-refractivity contribution in [1.82, 2.24) is 15.2 Å². The van der Waals surface area contributed by atoms with Gasteiger partial charge in [-0.1, -0.05) is 78.9 Å². The summed E-state index contributed by atoms with van der Waals surface area (Å²) in [4.78, 5) is 26.1. The second kappa shape index (κ2) is 10.3. The standard InChI is InChI=1S/C31H25N3O5/c35-28-18-26(33-34-28)21-15-13-20(14-16-21)23-9-4-10-24-25(30(32-29(23)24)39-31(36)37)11-5-17-38-27-12-3-7-19-6-1-2-8-22(19)27/h1-4,6-10,12-16,18,32H,5,11,17H2,(H,36,37)(H2,33,34,35). The number of aromatic amines is 3. The number of carboxylic acid groups (broad SMARTS) is 1. The molecule has 0 unspecified atom stereocenters. The number of para-hydroxylation sites is 1. The highest BCUT2D eigenvalue weighted by molar-refractivity contribution is 5.98. The third-order valence-corrected chi connectivity index (χ3v) is 6.77. The maximum Gasteiger partial charge on any atom is 0.512 e. The summed E-state index contributed by atoms with van der Waals surface area (Å²) >= 11 is 0. The van der Waals surface area contributed by atoms with Crippen LogP contribution in [-0.2, 0) is 6.42 Å². The lowest BCUT2D eigenvalue weighted by atomic mass is 9.99. The molecule has 0 aliphatic heterocycles. The molecule has 6 rings (SSSR count). The SMILES string of the molecule is O=C(O)Oc1[nH]c2c(-c3ccc(-c4cc(=O)[nH][nH]4)cc3)cccc2c1CCCOc1cccc2ccccc12. The number of H-pyrrole nitrogens is 3. The molecule has 8 heteroatoms. The van der Waals surface area contributed by atoms with E-state index in [1.807, 2.05) is 72.8 Å². The van der Waals surface area contributed by atoms with Crippen LogP contribution in [0.15, 0.2) is 95.8 Å². The van der Waals surface area contributed by atoms with Gasteiger partial charge in [0.2, 0.25) is 5.88 Å². The normalized spacial score (nSPS) is 11.2. The third-order valence-electron chi connectivity index (χ3n) is 6.77. The van der Waals surface area contributed by atoms with Crippen LogP contribution in [0.25, 0.3) is 44.1 Å². The van der Waals surface area contributed by atoms with Gasteiger partial charge in [-0.05, 0) is 35.4 Å². The first kappa shape index (κ1) is 24.1. The van der Waals surface area contributed by atoms with Crippen LogP contribution in [0.3, 0.4) is 0 Å². The quantitative estimate of drug-likeness (QED) is 0.131. The van der Waals surface area contributed by atoms with E-state index in [9.17, 15) is 14.7 Å². The summed E-state index contributed by atoms with van der Waals surface area (Å²) in [5.74, 6) is 1.04. The van der Waals surface area contributed by atoms with Crippen molar-refractivity contribution in [2.45, 2.75) is 12.8 Å². The fourth-order valence-electron chi connectivity index (χ4n) is 4.98. The van der Waals surface area contributed by atoms with E-state index in [1.165, 1.54) is 6.07 Å². The smallest absolute Gasteiger partial charge is 0.493 e. The molecule has 0 radical (unpaired) electrons. The highest BCUT2D eigenvalue weighted by Gasteiger charge is 2.18. The minimum Gasteiger partial charge on any atom is -0.493 e. The van der Waals surface area contributed by atoms with Crippen molar-refractivity contribution >= 4 is 27.8 Å². The zero-order valence-electron chi connectivity index (χ0n) is 20.9. The number of aromatic nitrogens is 3. The first-order valence-corrected chi connectivity index (χ1v) is 12.6. The fraction of sp³-hybridized carbons (Fsp3) is 0.0968. The summed E-state index contributed by atoms with van der Waals surface area (Å²) in [5, 5.41) is 17.8. The van der Waals surface area contributed by atoms with E-state index in [1.54, 1.807) is 0 Å². The van der Waals surface area contributed by atoms with E-state index in [2.05, 4.69) is 27.3 Å². The molecule has 0 amide bonds. The zero-order chi connectivity index (χ0) is 26.8. The molecule has 0 saturated heterocycles. The number of fused-ring (bicyclic) bond motifs is 2. The average Bonchev–Trinajstić information content (AvgIpc) is 3.54. The van der Waals surface area contributed by atoms with Crippen molar-refractivity contribution in [2.75, 3.05) is 6.61 Å². The number of aryl methyl sites for hydroxylation is 1. The Bertz CT molecular complexity index is 1840. The van der Waals surface area contributed by atoms with Crippen molar-refractivity contribution in [3.63, 3.8) is 0 Å². The molecule has 0 spiro atoms. The van der Waals surface area contributed by atoms with Gasteiger partial charge in [-0.25, -0.2) is 4.79 Å². The molecule has 8 nitrogen and oxygen atoms in total. The molecule has 2 heterocycles. The van der Waals surface area contributed by atoms with Gasteiger partial charge >= 0.3 is 6.16 Å². The van der Waals surface area contributed by atoms with Crippen LogP contribution in [0.5, 0.6) is 11.6 Å². The summed E-state index contributed by atoms with van der Waals surface area (Å²) in [6.07, 6.45) is -0.141. The molecule has 0 aliphatic carbocycles. The van der Waals surface area contributed by atoms with Gasteiger partial charge in [-0.3, -0.25) is 15.0 Å². The van der Waals surface area contributed by atoms with E-state index < -0.39 is 6.16 Å². The Labute approximate surface area is 222 Å². The molecule has 0 fully saturated rings. The number of nitrogens with one attached hydrogen (secondary N) is 3. The van der Waals surface area contributed by atoms with Crippen molar-refractivity contribution in [3.8, 4) is 34.0 Å². The maximum atomic E-state index is 11.5. The molecule has 194 valence electrons. The van der Waals surface area contributed by atoms with E-state index in [-0.39, 0.29) is 11.4 Å². The van der Waals surface area contributed by atoms with Crippen LogP contribution in [0.4, 0.5) is 4.79 Å². The Balaban J connectivity index is 1.26. The largest absolute Gasteiger partial charge is 0.512 e. The van der Waals surface area contributed by atoms with Crippen molar-refractivity contribution < 1.29 is 19.4 Å². The van der Waals surface area contributed by atoms with Gasteiger partial charge in [0.15, 0.2) is 0 Å². The van der Waals surface area contributed by atoms with E-state index >= 15 is 0 Å². The molecule has 0 atom stereocenters. The van der Waals surface area contributed by atoms with Gasteiger partial charge < -0.3 is 19.6 Å². The number of hydrogen-bond donors (Lipinski definition) is 4. The van der Waals surface area contributed by atoms with Crippen LogP contribution >= 0.6 is 0 Å². The number of benzene rings is 4. The van der Waals surface area contributed by atoms with Crippen LogP contribution in [0, 0.1) is 0 Å². The molecule has 39 heavy (non-hydrogen) atoms. The molecule has 6 aromatic rings. The molecular formula is C31H25N3O5. The lowest BCUT2D eigenvalue weighted by Gasteiger charge is -2.10. The molecular weight excluding hydrogens is 494 g/mol. The van der Waals surface area contributed by atoms with Crippen LogP contribution in [0.2, 0.25) is 0 Å². The van der Waals surface area contributed by atoms with Crippen LogP contribution in [0.1, 0.15) is 12.0 Å². The lowest BCUT2D eigenvalue weighted by Crippen LogP contribution is -2.06. The van der Waals surface area contributed by atoms with Gasteiger partial charge in [0, 0.05) is 28.0 Å². The highest BCUT2D eigenvalue weighted by atomic mass is 16.7. The Morgan fingerprint density at radius 3 is 2.36 bits per heavy atom. The number of ether oxygens (including phenoxy) is 2. The van der Waals surface area contributed by atoms with Crippen molar-refractivity contribution in [1.29, 1.82) is 0 Å². The molecule has 0 aliphatic rings. The fourth-order valence-corrected chi connectivity index (χ4v) is 4.98. The number of hydrogen-bond acceptors (Lipinski definition) is 4. The third kappa shape index (κ3) is 4.87. The van der Waals surface area contributed by atoms with Crippen LogP contribution in [-0.4, -0.2) is 33.1 Å². The van der Waals surface area contributed by atoms with E-state index in [0.717, 1.165) is 49.7 Å². The predicted molar refractivity (Wildman–Crippen MR) is 151 cm³/mol. The lowest BCUT2D eigenvalue weighted by molar-refractivity contribution is 0.142. The summed E-state index contributed by atoms with van der Waals surface area (Å²) < 4.78 is 11.3. The Kier molecular flexibility index (Phi) is 6.34. The Hall–Kier alpha value is -5.24. The molecule has 0 saturated carbocycles. The van der Waals surface area contributed by atoms with E-state index in [0.29, 0.717) is 25.1 Å². The maximum absolute atomic E-state index is 11.5. The molecule has 2 aromatic heterocycles. The first-order valence-electron chi connectivity index (χ1n) is 12.6. The highest BCUT2D eigenvalue weighted by Crippen LogP contribution is 2.36. The van der Waals surface area contributed by atoms with Gasteiger partial charge in [0.05, 0.1) is 17.8 Å². The molecule has 4 aromatic carbocycles. The minimum absolute atomic E-state index is 0.189. The summed E-state index contributed by atoms with van der Waals surface area (Å²) in [5.41, 5.74) is 4.82. The van der Waals surface area contributed by atoms with Gasteiger partial charge in [0.25, 0.3) is 5.56 Å². The van der Waals surface area contributed by atoms with Gasteiger partial charge in [-0.2, -0.15) is 0 Å². The Morgan fingerprint density at radius 2 is 1.56 bits per heavy atom. The number of rotatable bonds is 8.